The Labute approximate surface area is 101 Å². The first-order valence-electron chi connectivity index (χ1n) is 5.55. The number of carbonyl (C=O) groups excluding carboxylic acids is 1. The number of aromatic carboxylic acids is 1. The Balaban J connectivity index is 2.22. The van der Waals surface area contributed by atoms with Crippen LogP contribution in [0.25, 0.3) is 11.0 Å². The fourth-order valence-corrected chi connectivity index (χ4v) is 2.16. The third-order valence-electron chi connectivity index (χ3n) is 3.01. The van der Waals surface area contributed by atoms with Gasteiger partial charge in [0.2, 0.25) is 5.91 Å². The number of nitrogens with one attached hydrogen (secondary N) is 1. The predicted octanol–water partition coefficient (Wildman–Crippen LogP) is 0.783. The molecule has 1 saturated heterocycles. The van der Waals surface area contributed by atoms with E-state index in [2.05, 4.69) is 15.4 Å². The monoisotopic (exact) mass is 246 g/mol. The summed E-state index contributed by atoms with van der Waals surface area (Å²) in [5.74, 6) is -1.06. The van der Waals surface area contributed by atoms with Crippen LogP contribution in [-0.4, -0.2) is 38.9 Å². The van der Waals surface area contributed by atoms with Crippen molar-refractivity contribution in [1.29, 1.82) is 0 Å². The van der Waals surface area contributed by atoms with Crippen LogP contribution < -0.4 is 4.90 Å². The molecule has 1 aromatic heterocycles. The Morgan fingerprint density at radius 1 is 1.39 bits per heavy atom. The molecule has 0 unspecified atom stereocenters. The van der Waals surface area contributed by atoms with Crippen LogP contribution in [0, 0.1) is 0 Å². The van der Waals surface area contributed by atoms with Gasteiger partial charge in [-0.15, -0.1) is 0 Å². The molecule has 1 aromatic carbocycles. The van der Waals surface area contributed by atoms with Crippen molar-refractivity contribution in [2.24, 2.45) is 0 Å². The first-order valence-corrected chi connectivity index (χ1v) is 5.55. The largest absolute Gasteiger partial charge is 0.478 e. The Bertz CT molecular complexity index is 649. The first-order chi connectivity index (χ1) is 8.66. The van der Waals surface area contributed by atoms with Gasteiger partial charge in [-0.3, -0.25) is 4.79 Å². The third kappa shape index (κ3) is 1.52. The molecular weight excluding hydrogens is 236 g/mol. The van der Waals surface area contributed by atoms with Crippen LogP contribution >= 0.6 is 0 Å². The summed E-state index contributed by atoms with van der Waals surface area (Å²) in [6, 6.07) is 2.90. The van der Waals surface area contributed by atoms with E-state index in [4.69, 9.17) is 5.11 Å². The lowest BCUT2D eigenvalue weighted by Crippen LogP contribution is -2.24. The Kier molecular flexibility index (Phi) is 2.26. The Morgan fingerprint density at radius 3 is 2.89 bits per heavy atom. The molecule has 0 saturated carbocycles. The summed E-state index contributed by atoms with van der Waals surface area (Å²) in [4.78, 5) is 24.4. The van der Waals surface area contributed by atoms with Gasteiger partial charge in [0.05, 0.1) is 11.3 Å². The second-order valence-electron chi connectivity index (χ2n) is 4.14. The van der Waals surface area contributed by atoms with Crippen molar-refractivity contribution in [2.45, 2.75) is 12.8 Å². The lowest BCUT2D eigenvalue weighted by Gasteiger charge is -2.16. The molecule has 0 bridgehead atoms. The van der Waals surface area contributed by atoms with Crippen LogP contribution in [0.2, 0.25) is 0 Å². The molecule has 7 heteroatoms. The zero-order chi connectivity index (χ0) is 12.7. The van der Waals surface area contributed by atoms with E-state index in [0.29, 0.717) is 29.7 Å². The lowest BCUT2D eigenvalue weighted by atomic mass is 10.1. The highest BCUT2D eigenvalue weighted by atomic mass is 16.4. The summed E-state index contributed by atoms with van der Waals surface area (Å²) in [5.41, 5.74) is 1.59. The van der Waals surface area contributed by atoms with Crippen molar-refractivity contribution in [3.05, 3.63) is 17.7 Å². The maximum Gasteiger partial charge on any atom is 0.335 e. The highest BCUT2D eigenvalue weighted by molar-refractivity contribution is 6.05. The number of aromatic nitrogens is 3. The molecule has 2 aromatic rings. The molecule has 92 valence electrons. The zero-order valence-electron chi connectivity index (χ0n) is 9.38. The molecule has 1 fully saturated rings. The smallest absolute Gasteiger partial charge is 0.335 e. The van der Waals surface area contributed by atoms with E-state index >= 15 is 0 Å². The summed E-state index contributed by atoms with van der Waals surface area (Å²) in [6.07, 6.45) is 1.26. The molecule has 18 heavy (non-hydrogen) atoms. The summed E-state index contributed by atoms with van der Waals surface area (Å²) in [7, 11) is 0. The normalized spacial score (nSPS) is 15.6. The number of aromatic amines is 1. The van der Waals surface area contributed by atoms with Crippen LogP contribution in [0.15, 0.2) is 12.1 Å². The van der Waals surface area contributed by atoms with Crippen LogP contribution in [0.5, 0.6) is 0 Å². The number of carboxylic acids is 1. The average molecular weight is 246 g/mol. The topological polar surface area (TPSA) is 99.2 Å². The number of H-pyrrole nitrogens is 1. The van der Waals surface area contributed by atoms with Gasteiger partial charge in [0.15, 0.2) is 0 Å². The highest BCUT2D eigenvalue weighted by Gasteiger charge is 2.25. The molecule has 1 aliphatic heterocycles. The van der Waals surface area contributed by atoms with Crippen molar-refractivity contribution in [3.63, 3.8) is 0 Å². The van der Waals surface area contributed by atoms with Crippen LogP contribution in [0.3, 0.4) is 0 Å². The number of hydrogen-bond donors (Lipinski definition) is 2. The summed E-state index contributed by atoms with van der Waals surface area (Å²) in [5, 5.41) is 19.4. The molecule has 0 aliphatic carbocycles. The van der Waals surface area contributed by atoms with E-state index < -0.39 is 5.97 Å². The summed E-state index contributed by atoms with van der Waals surface area (Å²) >= 11 is 0. The average Bonchev–Trinajstić information content (AvgIpc) is 2.95. The van der Waals surface area contributed by atoms with Crippen molar-refractivity contribution in [1.82, 2.24) is 15.4 Å². The third-order valence-corrected chi connectivity index (χ3v) is 3.01. The molecule has 0 atom stereocenters. The van der Waals surface area contributed by atoms with Gasteiger partial charge in [0.1, 0.15) is 11.0 Å². The molecule has 1 aliphatic rings. The van der Waals surface area contributed by atoms with Crippen molar-refractivity contribution >= 4 is 28.6 Å². The zero-order valence-corrected chi connectivity index (χ0v) is 9.38. The lowest BCUT2D eigenvalue weighted by molar-refractivity contribution is -0.117. The van der Waals surface area contributed by atoms with Crippen molar-refractivity contribution < 1.29 is 14.7 Å². The molecule has 1 amide bonds. The molecule has 0 radical (unpaired) electrons. The minimum absolute atomic E-state index is 0.0122. The summed E-state index contributed by atoms with van der Waals surface area (Å²) in [6.45, 7) is 0.587. The van der Waals surface area contributed by atoms with Gasteiger partial charge in [-0.2, -0.15) is 15.4 Å². The first kappa shape index (κ1) is 10.7. The molecular formula is C11H10N4O3. The quantitative estimate of drug-likeness (QED) is 0.815. The van der Waals surface area contributed by atoms with E-state index in [-0.39, 0.29) is 11.5 Å². The van der Waals surface area contributed by atoms with Crippen molar-refractivity contribution in [3.8, 4) is 0 Å². The number of anilines is 1. The Morgan fingerprint density at radius 2 is 2.22 bits per heavy atom. The maximum atomic E-state index is 11.7. The number of carboxylic acid groups (broad SMARTS) is 1. The molecule has 2 N–H and O–H groups in total. The van der Waals surface area contributed by atoms with Gasteiger partial charge in [0, 0.05) is 13.0 Å². The van der Waals surface area contributed by atoms with Gasteiger partial charge in [-0.25, -0.2) is 4.79 Å². The molecule has 0 spiro atoms. The number of carbonyl (C=O) groups is 2. The number of nitrogens with zero attached hydrogens (tertiary/aromatic N) is 3. The van der Waals surface area contributed by atoms with Crippen LogP contribution in [0.1, 0.15) is 23.2 Å². The number of fused-ring (bicyclic) bond motifs is 1. The van der Waals surface area contributed by atoms with Gasteiger partial charge < -0.3 is 10.0 Å². The van der Waals surface area contributed by atoms with Gasteiger partial charge in [0.25, 0.3) is 0 Å². The maximum absolute atomic E-state index is 11.7. The Hall–Kier alpha value is -2.44. The standard InChI is InChI=1S/C11H10N4O3/c16-9-2-1-3-15(9)8-5-6(11(17)18)4-7-10(8)13-14-12-7/h4-5H,1-3H2,(H,17,18)(H,12,13,14). The van der Waals surface area contributed by atoms with Crippen LogP contribution in [0.4, 0.5) is 5.69 Å². The molecule has 2 heterocycles. The number of amides is 1. The highest BCUT2D eigenvalue weighted by Crippen LogP contribution is 2.29. The van der Waals surface area contributed by atoms with E-state index in [1.807, 2.05) is 0 Å². The fraction of sp³-hybridized carbons (Fsp3) is 0.273. The van der Waals surface area contributed by atoms with E-state index in [1.165, 1.54) is 12.1 Å². The molecule has 7 nitrogen and oxygen atoms in total. The predicted molar refractivity (Wildman–Crippen MR) is 62.4 cm³/mol. The second-order valence-corrected chi connectivity index (χ2v) is 4.14. The second kappa shape index (κ2) is 3.80. The minimum atomic E-state index is -1.05. The van der Waals surface area contributed by atoms with E-state index in [0.717, 1.165) is 6.42 Å². The SMILES string of the molecule is O=C(O)c1cc(N2CCCC2=O)c2n[nH]nc2c1. The van der Waals surface area contributed by atoms with E-state index in [1.54, 1.807) is 4.90 Å². The number of hydrogen-bond acceptors (Lipinski definition) is 4. The van der Waals surface area contributed by atoms with E-state index in [9.17, 15) is 9.59 Å². The number of rotatable bonds is 2. The summed E-state index contributed by atoms with van der Waals surface area (Å²) < 4.78 is 0. The van der Waals surface area contributed by atoms with Gasteiger partial charge >= 0.3 is 5.97 Å². The van der Waals surface area contributed by atoms with Gasteiger partial charge in [-0.05, 0) is 18.6 Å². The number of benzene rings is 1. The molecule has 3 rings (SSSR count). The van der Waals surface area contributed by atoms with Crippen LogP contribution in [-0.2, 0) is 4.79 Å². The fourth-order valence-electron chi connectivity index (χ4n) is 2.16. The van der Waals surface area contributed by atoms with Gasteiger partial charge in [-0.1, -0.05) is 0 Å². The van der Waals surface area contributed by atoms with Crippen molar-refractivity contribution in [2.75, 3.05) is 11.4 Å². The minimum Gasteiger partial charge on any atom is -0.478 e.